The molecule has 0 aliphatic rings. The van der Waals surface area contributed by atoms with Gasteiger partial charge in [0, 0.05) is 6.04 Å². The fourth-order valence-corrected chi connectivity index (χ4v) is 1.71. The summed E-state index contributed by atoms with van der Waals surface area (Å²) in [5.41, 5.74) is 1.35. The first-order valence-electron chi connectivity index (χ1n) is 4.92. The summed E-state index contributed by atoms with van der Waals surface area (Å²) in [6, 6.07) is 0.00247. The minimum atomic E-state index is -0.141. The van der Waals surface area contributed by atoms with E-state index in [4.69, 9.17) is 11.6 Å². The van der Waals surface area contributed by atoms with Crippen molar-refractivity contribution in [2.75, 3.05) is 0 Å². The summed E-state index contributed by atoms with van der Waals surface area (Å²) in [4.78, 5) is 24.0. The Labute approximate surface area is 97.1 Å². The number of rotatable bonds is 1. The van der Waals surface area contributed by atoms with Gasteiger partial charge in [-0.1, -0.05) is 0 Å². The molecule has 16 heavy (non-hydrogen) atoms. The summed E-state index contributed by atoms with van der Waals surface area (Å²) in [6.45, 7) is 5.50. The quantitative estimate of drug-likeness (QED) is 0.710. The van der Waals surface area contributed by atoms with Crippen molar-refractivity contribution >= 4 is 22.8 Å². The van der Waals surface area contributed by atoms with Gasteiger partial charge in [0.2, 0.25) is 5.28 Å². The molecule has 0 fully saturated rings. The van der Waals surface area contributed by atoms with Crippen LogP contribution in [0.1, 0.15) is 25.6 Å². The number of hydrogen-bond donors (Lipinski definition) is 0. The van der Waals surface area contributed by atoms with E-state index in [0.29, 0.717) is 16.9 Å². The Balaban J connectivity index is 2.96. The van der Waals surface area contributed by atoms with E-state index in [1.807, 2.05) is 13.8 Å². The lowest BCUT2D eigenvalue weighted by Crippen LogP contribution is -2.26. The van der Waals surface area contributed by atoms with E-state index in [1.165, 1.54) is 6.20 Å². The topological polar surface area (TPSA) is 60.7 Å². The normalized spacial score (nSPS) is 11.3. The molecule has 5 nitrogen and oxygen atoms in total. The molecular weight excluding hydrogens is 228 g/mol. The van der Waals surface area contributed by atoms with Gasteiger partial charge in [-0.3, -0.25) is 9.36 Å². The Morgan fingerprint density at radius 3 is 2.69 bits per heavy atom. The molecule has 2 aromatic heterocycles. The number of halogens is 1. The van der Waals surface area contributed by atoms with E-state index in [1.54, 1.807) is 11.5 Å². The Hall–Kier alpha value is -1.49. The van der Waals surface area contributed by atoms with Crippen LogP contribution in [0.2, 0.25) is 5.28 Å². The summed E-state index contributed by atoms with van der Waals surface area (Å²) >= 11 is 5.72. The lowest BCUT2D eigenvalue weighted by atomic mass is 10.3. The predicted octanol–water partition coefficient (Wildman–Crippen LogP) is 1.73. The molecule has 0 aromatic carbocycles. The van der Waals surface area contributed by atoms with Gasteiger partial charge in [0.15, 0.2) is 5.65 Å². The highest BCUT2D eigenvalue weighted by Crippen LogP contribution is 2.13. The number of aromatic nitrogens is 4. The molecule has 2 rings (SSSR count). The van der Waals surface area contributed by atoms with Crippen molar-refractivity contribution in [3.63, 3.8) is 0 Å². The van der Waals surface area contributed by atoms with Gasteiger partial charge in [-0.05, 0) is 32.4 Å². The molecule has 0 amide bonds. The number of fused-ring (bicyclic) bond motifs is 1. The van der Waals surface area contributed by atoms with Crippen LogP contribution in [0.15, 0.2) is 11.0 Å². The van der Waals surface area contributed by atoms with E-state index in [9.17, 15) is 4.79 Å². The molecule has 0 bridgehead atoms. The third kappa shape index (κ3) is 1.67. The largest absolute Gasteiger partial charge is 0.287 e. The Bertz CT molecular complexity index is 606. The highest BCUT2D eigenvalue weighted by atomic mass is 35.5. The second-order valence-corrected chi connectivity index (χ2v) is 4.15. The fraction of sp³-hybridized carbons (Fsp3) is 0.400. The Kier molecular flexibility index (Phi) is 2.63. The molecule has 0 saturated carbocycles. The van der Waals surface area contributed by atoms with Gasteiger partial charge in [-0.25, -0.2) is 9.97 Å². The van der Waals surface area contributed by atoms with Crippen LogP contribution in [0.3, 0.4) is 0 Å². The summed E-state index contributed by atoms with van der Waals surface area (Å²) < 4.78 is 1.57. The Morgan fingerprint density at radius 2 is 2.06 bits per heavy atom. The minimum Gasteiger partial charge on any atom is -0.287 e. The van der Waals surface area contributed by atoms with Crippen molar-refractivity contribution in [2.24, 2.45) is 0 Å². The van der Waals surface area contributed by atoms with Gasteiger partial charge in [0.05, 0.1) is 6.20 Å². The third-order valence-corrected chi connectivity index (χ3v) is 2.46. The zero-order valence-electron chi connectivity index (χ0n) is 9.23. The van der Waals surface area contributed by atoms with Crippen molar-refractivity contribution in [3.8, 4) is 0 Å². The van der Waals surface area contributed by atoms with E-state index in [0.717, 1.165) is 0 Å². The molecule has 0 atom stereocenters. The highest BCUT2D eigenvalue weighted by molar-refractivity contribution is 6.28. The van der Waals surface area contributed by atoms with Crippen molar-refractivity contribution in [3.05, 3.63) is 27.5 Å². The maximum atomic E-state index is 11.9. The summed E-state index contributed by atoms with van der Waals surface area (Å²) in [5, 5.41) is 0.118. The summed E-state index contributed by atoms with van der Waals surface area (Å²) in [5.74, 6) is 0. The third-order valence-electron chi connectivity index (χ3n) is 2.28. The number of aryl methyl sites for hydroxylation is 1. The van der Waals surface area contributed by atoms with Gasteiger partial charge in [-0.2, -0.15) is 4.98 Å². The molecule has 0 aliphatic carbocycles. The first kappa shape index (κ1) is 11.0. The molecule has 0 saturated heterocycles. The van der Waals surface area contributed by atoms with Crippen LogP contribution in [-0.4, -0.2) is 19.5 Å². The van der Waals surface area contributed by atoms with Gasteiger partial charge in [0.1, 0.15) is 11.2 Å². The van der Waals surface area contributed by atoms with Gasteiger partial charge >= 0.3 is 0 Å². The first-order valence-corrected chi connectivity index (χ1v) is 5.30. The maximum Gasteiger partial charge on any atom is 0.273 e. The van der Waals surface area contributed by atoms with Gasteiger partial charge in [-0.15, -0.1) is 0 Å². The van der Waals surface area contributed by atoms with E-state index < -0.39 is 0 Å². The number of hydrogen-bond acceptors (Lipinski definition) is 4. The average molecular weight is 239 g/mol. The number of nitrogens with zero attached hydrogens (tertiary/aromatic N) is 4. The van der Waals surface area contributed by atoms with E-state index in [2.05, 4.69) is 15.0 Å². The zero-order chi connectivity index (χ0) is 11.9. The molecule has 0 radical (unpaired) electrons. The summed E-state index contributed by atoms with van der Waals surface area (Å²) in [7, 11) is 0. The molecular formula is C10H11ClN4O. The second kappa shape index (κ2) is 3.83. The SMILES string of the molecule is Cc1nc2cnc(Cl)nc2n(C(C)C)c1=O. The van der Waals surface area contributed by atoms with Crippen LogP contribution in [0.25, 0.3) is 11.2 Å². The van der Waals surface area contributed by atoms with Crippen LogP contribution >= 0.6 is 11.6 Å². The predicted molar refractivity (Wildman–Crippen MR) is 61.7 cm³/mol. The van der Waals surface area contributed by atoms with E-state index in [-0.39, 0.29) is 16.9 Å². The minimum absolute atomic E-state index is 0.00247. The molecule has 0 spiro atoms. The fourth-order valence-electron chi connectivity index (χ4n) is 1.58. The lowest BCUT2D eigenvalue weighted by Gasteiger charge is -2.12. The van der Waals surface area contributed by atoms with E-state index >= 15 is 0 Å². The second-order valence-electron chi connectivity index (χ2n) is 3.81. The Morgan fingerprint density at radius 1 is 1.38 bits per heavy atom. The van der Waals surface area contributed by atoms with Gasteiger partial charge in [0.25, 0.3) is 5.56 Å². The van der Waals surface area contributed by atoms with Crippen molar-refractivity contribution < 1.29 is 0 Å². The average Bonchev–Trinajstić information content (AvgIpc) is 2.20. The van der Waals surface area contributed by atoms with Crippen LogP contribution in [0.5, 0.6) is 0 Å². The molecule has 0 aliphatic heterocycles. The van der Waals surface area contributed by atoms with Crippen molar-refractivity contribution in [1.29, 1.82) is 0 Å². The monoisotopic (exact) mass is 238 g/mol. The van der Waals surface area contributed by atoms with Gasteiger partial charge < -0.3 is 0 Å². The summed E-state index contributed by atoms with van der Waals surface area (Å²) in [6.07, 6.45) is 1.52. The molecule has 0 unspecified atom stereocenters. The van der Waals surface area contributed by atoms with Crippen molar-refractivity contribution in [1.82, 2.24) is 19.5 Å². The molecule has 6 heteroatoms. The maximum absolute atomic E-state index is 11.9. The first-order chi connectivity index (χ1) is 7.50. The standard InChI is InChI=1S/C10H11ClN4O/c1-5(2)15-8-7(4-12-10(11)14-8)13-6(3)9(15)16/h4-5H,1-3H3. The molecule has 84 valence electrons. The highest BCUT2D eigenvalue weighted by Gasteiger charge is 2.12. The lowest BCUT2D eigenvalue weighted by molar-refractivity contribution is 0.588. The van der Waals surface area contributed by atoms with Crippen LogP contribution in [-0.2, 0) is 0 Å². The zero-order valence-corrected chi connectivity index (χ0v) is 9.99. The van der Waals surface area contributed by atoms with Crippen LogP contribution < -0.4 is 5.56 Å². The smallest absolute Gasteiger partial charge is 0.273 e. The van der Waals surface area contributed by atoms with Crippen molar-refractivity contribution in [2.45, 2.75) is 26.8 Å². The molecule has 2 aromatic rings. The molecule has 2 heterocycles. The van der Waals surface area contributed by atoms with Crippen LogP contribution in [0, 0.1) is 6.92 Å². The molecule has 0 N–H and O–H groups in total. The van der Waals surface area contributed by atoms with Crippen LogP contribution in [0.4, 0.5) is 0 Å².